The van der Waals surface area contributed by atoms with Crippen LogP contribution in [0, 0.1) is 5.92 Å². The van der Waals surface area contributed by atoms with Gasteiger partial charge in [0.25, 0.3) is 5.91 Å². The van der Waals surface area contributed by atoms with Gasteiger partial charge in [0.15, 0.2) is 0 Å². The van der Waals surface area contributed by atoms with Crippen LogP contribution >= 0.6 is 0 Å². The lowest BCUT2D eigenvalue weighted by Gasteiger charge is -2.20. The number of hydrogen-bond acceptors (Lipinski definition) is 2. The molecule has 0 saturated heterocycles. The van der Waals surface area contributed by atoms with Gasteiger partial charge in [-0.3, -0.25) is 9.59 Å². The van der Waals surface area contributed by atoms with Crippen molar-refractivity contribution in [3.63, 3.8) is 0 Å². The van der Waals surface area contributed by atoms with Gasteiger partial charge in [0, 0.05) is 12.1 Å². The average molecular weight is 222 g/mol. The summed E-state index contributed by atoms with van der Waals surface area (Å²) >= 11 is 0. The Morgan fingerprint density at radius 1 is 1.44 bits per heavy atom. The van der Waals surface area contributed by atoms with Gasteiger partial charge in [-0.2, -0.15) is 0 Å². The van der Waals surface area contributed by atoms with Gasteiger partial charge in [-0.15, -0.1) is 0 Å². The maximum atomic E-state index is 11.8. The van der Waals surface area contributed by atoms with E-state index in [1.165, 1.54) is 6.07 Å². The highest BCUT2D eigenvalue weighted by Gasteiger charge is 2.15. The monoisotopic (exact) mass is 222 g/mol. The van der Waals surface area contributed by atoms with Crippen molar-refractivity contribution in [3.8, 4) is 0 Å². The summed E-state index contributed by atoms with van der Waals surface area (Å²) in [6, 6.07) is 4.70. The molecule has 0 spiro atoms. The van der Waals surface area contributed by atoms with Crippen molar-refractivity contribution in [1.29, 1.82) is 0 Å². The Morgan fingerprint density at radius 2 is 2.12 bits per heavy atom. The lowest BCUT2D eigenvalue weighted by molar-refractivity contribution is 0.0919. The summed E-state index contributed by atoms with van der Waals surface area (Å²) < 4.78 is 0. The molecule has 0 aliphatic carbocycles. The molecule has 88 valence electrons. The minimum absolute atomic E-state index is 0.135. The molecule has 0 aliphatic heterocycles. The standard InChI is InChI=1S/C12H18N2O2/c1-4-9(8(2)3)14-12(16)10-6-5-7-11(15)13-10/h5-9H,4H2,1-3H3,(H,13,15)(H,14,16). The van der Waals surface area contributed by atoms with E-state index in [9.17, 15) is 9.59 Å². The maximum absolute atomic E-state index is 11.8. The first-order valence-corrected chi connectivity index (χ1v) is 5.54. The second-order valence-corrected chi connectivity index (χ2v) is 4.16. The van der Waals surface area contributed by atoms with Gasteiger partial charge in [-0.25, -0.2) is 0 Å². The lowest BCUT2D eigenvalue weighted by atomic mass is 10.0. The Morgan fingerprint density at radius 3 is 2.62 bits per heavy atom. The first-order chi connectivity index (χ1) is 7.54. The Bertz CT molecular complexity index is 409. The third kappa shape index (κ3) is 3.22. The molecule has 1 amide bonds. The van der Waals surface area contributed by atoms with E-state index in [-0.39, 0.29) is 17.5 Å². The Labute approximate surface area is 95.1 Å². The molecule has 0 fully saturated rings. The minimum Gasteiger partial charge on any atom is -0.348 e. The van der Waals surface area contributed by atoms with Gasteiger partial charge >= 0.3 is 0 Å². The fourth-order valence-corrected chi connectivity index (χ4v) is 1.57. The predicted molar refractivity (Wildman–Crippen MR) is 63.4 cm³/mol. The maximum Gasteiger partial charge on any atom is 0.268 e. The van der Waals surface area contributed by atoms with Gasteiger partial charge in [-0.05, 0) is 18.4 Å². The zero-order valence-corrected chi connectivity index (χ0v) is 9.91. The van der Waals surface area contributed by atoms with E-state index >= 15 is 0 Å². The topological polar surface area (TPSA) is 62.0 Å². The molecule has 0 aliphatic rings. The number of aromatic nitrogens is 1. The summed E-state index contributed by atoms with van der Waals surface area (Å²) in [6.45, 7) is 6.14. The minimum atomic E-state index is -0.259. The highest BCUT2D eigenvalue weighted by atomic mass is 16.2. The van der Waals surface area contributed by atoms with Crippen molar-refractivity contribution in [3.05, 3.63) is 34.2 Å². The number of nitrogens with one attached hydrogen (secondary N) is 2. The van der Waals surface area contributed by atoms with Gasteiger partial charge in [0.05, 0.1) is 0 Å². The van der Waals surface area contributed by atoms with Crippen LogP contribution in [-0.2, 0) is 0 Å². The van der Waals surface area contributed by atoms with E-state index in [4.69, 9.17) is 0 Å². The predicted octanol–water partition coefficient (Wildman–Crippen LogP) is 1.54. The normalized spacial score (nSPS) is 12.5. The van der Waals surface area contributed by atoms with Crippen molar-refractivity contribution in [2.75, 3.05) is 0 Å². The molecule has 0 bridgehead atoms. The summed E-state index contributed by atoms with van der Waals surface area (Å²) in [7, 11) is 0. The number of hydrogen-bond donors (Lipinski definition) is 2. The van der Waals surface area contributed by atoms with Gasteiger partial charge < -0.3 is 10.3 Å². The number of H-pyrrole nitrogens is 1. The fourth-order valence-electron chi connectivity index (χ4n) is 1.57. The van der Waals surface area contributed by atoms with Crippen LogP contribution in [-0.4, -0.2) is 16.9 Å². The number of carbonyl (C=O) groups excluding carboxylic acids is 1. The number of aromatic amines is 1. The van der Waals surface area contributed by atoms with E-state index < -0.39 is 0 Å². The van der Waals surface area contributed by atoms with Crippen LogP contribution in [0.25, 0.3) is 0 Å². The number of carbonyl (C=O) groups is 1. The Hall–Kier alpha value is -1.58. The smallest absolute Gasteiger partial charge is 0.268 e. The van der Waals surface area contributed by atoms with Crippen LogP contribution in [0.2, 0.25) is 0 Å². The second-order valence-electron chi connectivity index (χ2n) is 4.16. The lowest BCUT2D eigenvalue weighted by Crippen LogP contribution is -2.38. The molecular formula is C12H18N2O2. The van der Waals surface area contributed by atoms with Crippen LogP contribution in [0.1, 0.15) is 37.7 Å². The van der Waals surface area contributed by atoms with Crippen molar-refractivity contribution < 1.29 is 4.79 Å². The van der Waals surface area contributed by atoms with Crippen LogP contribution < -0.4 is 10.9 Å². The summed E-state index contributed by atoms with van der Waals surface area (Å²) in [5, 5.41) is 2.90. The molecule has 0 radical (unpaired) electrons. The van der Waals surface area contributed by atoms with E-state index in [1.54, 1.807) is 12.1 Å². The molecule has 0 saturated carbocycles. The SMILES string of the molecule is CCC(NC(=O)c1cccc(=O)[nH]1)C(C)C. The first kappa shape index (κ1) is 12.5. The average Bonchev–Trinajstić information content (AvgIpc) is 2.25. The molecule has 1 atom stereocenters. The van der Waals surface area contributed by atoms with Crippen LogP contribution in [0.15, 0.2) is 23.0 Å². The molecule has 4 heteroatoms. The molecule has 1 aromatic heterocycles. The largest absolute Gasteiger partial charge is 0.348 e. The highest BCUT2D eigenvalue weighted by molar-refractivity contribution is 5.92. The third-order valence-corrected chi connectivity index (χ3v) is 2.57. The van der Waals surface area contributed by atoms with Gasteiger partial charge in [0.1, 0.15) is 5.69 Å². The van der Waals surface area contributed by atoms with Crippen LogP contribution in [0.4, 0.5) is 0 Å². The molecule has 1 aromatic rings. The van der Waals surface area contributed by atoms with E-state index in [0.29, 0.717) is 11.6 Å². The van der Waals surface area contributed by atoms with Crippen molar-refractivity contribution >= 4 is 5.91 Å². The fraction of sp³-hybridized carbons (Fsp3) is 0.500. The van der Waals surface area contributed by atoms with E-state index in [0.717, 1.165) is 6.42 Å². The highest BCUT2D eigenvalue weighted by Crippen LogP contribution is 2.06. The molecular weight excluding hydrogens is 204 g/mol. The molecule has 0 aromatic carbocycles. The second kappa shape index (κ2) is 5.49. The summed E-state index contributed by atoms with van der Waals surface area (Å²) in [5.41, 5.74) is 0.0526. The van der Waals surface area contributed by atoms with Crippen molar-refractivity contribution in [2.45, 2.75) is 33.2 Å². The summed E-state index contributed by atoms with van der Waals surface area (Å²) in [4.78, 5) is 25.3. The van der Waals surface area contributed by atoms with Crippen molar-refractivity contribution in [1.82, 2.24) is 10.3 Å². The summed E-state index contributed by atoms with van der Waals surface area (Å²) in [6.07, 6.45) is 0.875. The number of rotatable bonds is 4. The molecule has 4 nitrogen and oxygen atoms in total. The zero-order chi connectivity index (χ0) is 12.1. The van der Waals surface area contributed by atoms with E-state index in [1.807, 2.05) is 6.92 Å². The molecule has 1 heterocycles. The summed E-state index contributed by atoms with van der Waals surface area (Å²) in [5.74, 6) is 0.155. The quantitative estimate of drug-likeness (QED) is 0.811. The Balaban J connectivity index is 2.75. The molecule has 16 heavy (non-hydrogen) atoms. The first-order valence-electron chi connectivity index (χ1n) is 5.54. The molecule has 1 rings (SSSR count). The van der Waals surface area contributed by atoms with Crippen LogP contribution in [0.3, 0.4) is 0 Å². The van der Waals surface area contributed by atoms with Gasteiger partial charge in [-0.1, -0.05) is 26.8 Å². The number of amides is 1. The number of pyridine rings is 1. The van der Waals surface area contributed by atoms with E-state index in [2.05, 4.69) is 24.1 Å². The molecule has 1 unspecified atom stereocenters. The van der Waals surface area contributed by atoms with Crippen molar-refractivity contribution in [2.24, 2.45) is 5.92 Å². The zero-order valence-electron chi connectivity index (χ0n) is 9.91. The Kier molecular flexibility index (Phi) is 4.28. The third-order valence-electron chi connectivity index (χ3n) is 2.57. The van der Waals surface area contributed by atoms with Crippen LogP contribution in [0.5, 0.6) is 0 Å². The van der Waals surface area contributed by atoms with Gasteiger partial charge in [0.2, 0.25) is 5.56 Å². The molecule has 2 N–H and O–H groups in total.